The molecule has 0 aliphatic carbocycles. The van der Waals surface area contributed by atoms with Crippen molar-refractivity contribution in [2.45, 2.75) is 13.5 Å². The first-order chi connectivity index (χ1) is 13.5. The molecule has 1 heterocycles. The summed E-state index contributed by atoms with van der Waals surface area (Å²) in [6.07, 6.45) is 0. The van der Waals surface area contributed by atoms with Crippen LogP contribution in [0.2, 0.25) is 0 Å². The molecule has 5 nitrogen and oxygen atoms in total. The molecule has 0 saturated carbocycles. The van der Waals surface area contributed by atoms with Gasteiger partial charge in [0.25, 0.3) is 5.91 Å². The van der Waals surface area contributed by atoms with E-state index in [-0.39, 0.29) is 5.91 Å². The monoisotopic (exact) mass is 440 g/mol. The number of nitrogens with one attached hydrogen (secondary N) is 1. The number of hydrogen-bond donors (Lipinski definition) is 1. The number of methoxy groups -OCH3 is 2. The summed E-state index contributed by atoms with van der Waals surface area (Å²) in [5.74, 6) is 1.06. The number of aryl methyl sites for hydroxylation is 1. The molecule has 1 N–H and O–H groups in total. The highest BCUT2D eigenvalue weighted by molar-refractivity contribution is 9.10. The molecule has 6 heteroatoms. The molecule has 144 valence electrons. The molecule has 0 atom stereocenters. The van der Waals surface area contributed by atoms with E-state index in [2.05, 4.69) is 26.2 Å². The molecule has 0 saturated heterocycles. The first kappa shape index (κ1) is 19.9. The van der Waals surface area contributed by atoms with Crippen LogP contribution < -0.4 is 14.8 Å². The van der Waals surface area contributed by atoms with Gasteiger partial charge in [-0.1, -0.05) is 40.2 Å². The molecule has 0 fully saturated rings. The van der Waals surface area contributed by atoms with Crippen LogP contribution in [-0.4, -0.2) is 25.1 Å². The molecule has 3 aromatic rings. The van der Waals surface area contributed by atoms with Gasteiger partial charge in [-0.2, -0.15) is 0 Å². The van der Waals surface area contributed by atoms with Crippen LogP contribution >= 0.6 is 15.9 Å². The van der Waals surface area contributed by atoms with Crippen molar-refractivity contribution in [2.75, 3.05) is 14.2 Å². The Kier molecular flexibility index (Phi) is 6.31. The van der Waals surface area contributed by atoms with Crippen LogP contribution in [0.4, 0.5) is 0 Å². The molecule has 1 amide bonds. The SMILES string of the molecule is COc1cccc(CNC(=O)c2ccc(-c3cccc(Br)c3)nc2C)c1OC. The third kappa shape index (κ3) is 4.34. The maximum atomic E-state index is 12.7. The molecule has 3 rings (SSSR count). The maximum Gasteiger partial charge on any atom is 0.253 e. The Bertz CT molecular complexity index is 1000. The lowest BCUT2D eigenvalue weighted by atomic mass is 10.1. The Hall–Kier alpha value is -2.86. The number of rotatable bonds is 6. The zero-order valence-electron chi connectivity index (χ0n) is 16.0. The summed E-state index contributed by atoms with van der Waals surface area (Å²) in [7, 11) is 3.17. The highest BCUT2D eigenvalue weighted by Crippen LogP contribution is 2.30. The molecule has 0 bridgehead atoms. The molecule has 28 heavy (non-hydrogen) atoms. The van der Waals surface area contributed by atoms with Crippen molar-refractivity contribution in [3.8, 4) is 22.8 Å². The summed E-state index contributed by atoms with van der Waals surface area (Å²) < 4.78 is 11.7. The fourth-order valence-corrected chi connectivity index (χ4v) is 3.37. The number of amides is 1. The Morgan fingerprint density at radius 1 is 1.07 bits per heavy atom. The molecular weight excluding hydrogens is 420 g/mol. The smallest absolute Gasteiger partial charge is 0.253 e. The van der Waals surface area contributed by atoms with Crippen LogP contribution in [-0.2, 0) is 6.54 Å². The van der Waals surface area contributed by atoms with Crippen molar-refractivity contribution >= 4 is 21.8 Å². The largest absolute Gasteiger partial charge is 0.493 e. The summed E-state index contributed by atoms with van der Waals surface area (Å²) in [6.45, 7) is 2.16. The summed E-state index contributed by atoms with van der Waals surface area (Å²) in [6, 6.07) is 17.1. The first-order valence-electron chi connectivity index (χ1n) is 8.75. The standard InChI is InChI=1S/C22H21BrN2O3/c1-14-18(10-11-19(25-14)15-6-4-8-17(23)12-15)22(26)24-13-16-7-5-9-20(27-2)21(16)28-3/h4-12H,13H2,1-3H3,(H,24,26). The van der Waals surface area contributed by atoms with Crippen LogP contribution in [0, 0.1) is 6.92 Å². The molecule has 2 aromatic carbocycles. The minimum absolute atomic E-state index is 0.185. The molecule has 0 aliphatic heterocycles. The molecule has 1 aromatic heterocycles. The van der Waals surface area contributed by atoms with E-state index in [9.17, 15) is 4.79 Å². The number of para-hydroxylation sites is 1. The van der Waals surface area contributed by atoms with Crippen LogP contribution in [0.15, 0.2) is 59.1 Å². The minimum atomic E-state index is -0.185. The second-order valence-electron chi connectivity index (χ2n) is 6.18. The van der Waals surface area contributed by atoms with E-state index in [1.807, 2.05) is 55.5 Å². The Balaban J connectivity index is 1.77. The van der Waals surface area contributed by atoms with Gasteiger partial charge in [0.2, 0.25) is 0 Å². The van der Waals surface area contributed by atoms with Crippen LogP contribution in [0.1, 0.15) is 21.6 Å². The number of carbonyl (C=O) groups excluding carboxylic acids is 1. The van der Waals surface area contributed by atoms with Crippen LogP contribution in [0.25, 0.3) is 11.3 Å². The zero-order valence-corrected chi connectivity index (χ0v) is 17.5. The van der Waals surface area contributed by atoms with Gasteiger partial charge in [0.15, 0.2) is 11.5 Å². The summed E-state index contributed by atoms with van der Waals surface area (Å²) in [5, 5.41) is 2.93. The quantitative estimate of drug-likeness (QED) is 0.599. The lowest BCUT2D eigenvalue weighted by Gasteiger charge is -2.14. The van der Waals surface area contributed by atoms with E-state index < -0.39 is 0 Å². The zero-order chi connectivity index (χ0) is 20.1. The van der Waals surface area contributed by atoms with Gasteiger partial charge in [0.05, 0.1) is 31.2 Å². The number of carbonyl (C=O) groups is 1. The third-order valence-corrected chi connectivity index (χ3v) is 4.87. The van der Waals surface area contributed by atoms with E-state index in [1.54, 1.807) is 20.3 Å². The second-order valence-corrected chi connectivity index (χ2v) is 7.09. The average molecular weight is 441 g/mol. The van der Waals surface area contributed by atoms with E-state index in [1.165, 1.54) is 0 Å². The van der Waals surface area contributed by atoms with E-state index >= 15 is 0 Å². The third-order valence-electron chi connectivity index (χ3n) is 4.37. The summed E-state index contributed by atoms with van der Waals surface area (Å²) >= 11 is 3.47. The molecule has 0 aliphatic rings. The molecule has 0 unspecified atom stereocenters. The van der Waals surface area contributed by atoms with Crippen molar-refractivity contribution in [3.63, 3.8) is 0 Å². The highest BCUT2D eigenvalue weighted by Gasteiger charge is 2.14. The van der Waals surface area contributed by atoms with Gasteiger partial charge in [-0.05, 0) is 37.3 Å². The van der Waals surface area contributed by atoms with Gasteiger partial charge in [-0.3, -0.25) is 9.78 Å². The lowest BCUT2D eigenvalue weighted by molar-refractivity contribution is 0.0949. The summed E-state index contributed by atoms with van der Waals surface area (Å²) in [5.41, 5.74) is 3.87. The van der Waals surface area contributed by atoms with E-state index in [0.29, 0.717) is 29.3 Å². The topological polar surface area (TPSA) is 60.5 Å². The maximum absolute atomic E-state index is 12.7. The van der Waals surface area contributed by atoms with Crippen molar-refractivity contribution in [3.05, 3.63) is 75.9 Å². The first-order valence-corrected chi connectivity index (χ1v) is 9.54. The van der Waals surface area contributed by atoms with E-state index in [0.717, 1.165) is 21.3 Å². The van der Waals surface area contributed by atoms with Crippen LogP contribution in [0.5, 0.6) is 11.5 Å². The fourth-order valence-electron chi connectivity index (χ4n) is 2.97. The number of halogens is 1. The lowest BCUT2D eigenvalue weighted by Crippen LogP contribution is -2.24. The Labute approximate surface area is 172 Å². The molecule has 0 spiro atoms. The number of nitrogens with zero attached hydrogens (tertiary/aromatic N) is 1. The minimum Gasteiger partial charge on any atom is -0.493 e. The number of benzene rings is 2. The predicted octanol–water partition coefficient (Wildman–Crippen LogP) is 4.77. The summed E-state index contributed by atoms with van der Waals surface area (Å²) in [4.78, 5) is 17.3. The van der Waals surface area contributed by atoms with Crippen LogP contribution in [0.3, 0.4) is 0 Å². The van der Waals surface area contributed by atoms with Gasteiger partial charge in [0.1, 0.15) is 0 Å². The second kappa shape index (κ2) is 8.89. The van der Waals surface area contributed by atoms with Gasteiger partial charge >= 0.3 is 0 Å². The normalized spacial score (nSPS) is 10.4. The predicted molar refractivity (Wildman–Crippen MR) is 113 cm³/mol. The number of hydrogen-bond acceptors (Lipinski definition) is 4. The molecule has 0 radical (unpaired) electrons. The van der Waals surface area contributed by atoms with Gasteiger partial charge in [-0.25, -0.2) is 0 Å². The Morgan fingerprint density at radius 3 is 2.54 bits per heavy atom. The van der Waals surface area contributed by atoms with Crippen molar-refractivity contribution in [2.24, 2.45) is 0 Å². The Morgan fingerprint density at radius 2 is 1.86 bits per heavy atom. The van der Waals surface area contributed by atoms with E-state index in [4.69, 9.17) is 9.47 Å². The number of aromatic nitrogens is 1. The number of pyridine rings is 1. The van der Waals surface area contributed by atoms with Crippen molar-refractivity contribution in [1.29, 1.82) is 0 Å². The fraction of sp³-hybridized carbons (Fsp3) is 0.182. The van der Waals surface area contributed by atoms with Crippen molar-refractivity contribution < 1.29 is 14.3 Å². The average Bonchev–Trinajstić information content (AvgIpc) is 2.71. The van der Waals surface area contributed by atoms with Gasteiger partial charge in [0, 0.05) is 22.1 Å². The molecular formula is C22H21BrN2O3. The number of ether oxygens (including phenoxy) is 2. The highest BCUT2D eigenvalue weighted by atomic mass is 79.9. The van der Waals surface area contributed by atoms with Crippen molar-refractivity contribution in [1.82, 2.24) is 10.3 Å². The van der Waals surface area contributed by atoms with Gasteiger partial charge in [-0.15, -0.1) is 0 Å². The van der Waals surface area contributed by atoms with Gasteiger partial charge < -0.3 is 14.8 Å².